The Bertz CT molecular complexity index is 257. The van der Waals surface area contributed by atoms with Crippen molar-refractivity contribution >= 4 is 11.3 Å². The maximum absolute atomic E-state index is 12.8. The van der Waals surface area contributed by atoms with Crippen molar-refractivity contribution in [3.05, 3.63) is 21.9 Å². The summed E-state index contributed by atoms with van der Waals surface area (Å²) < 4.78 is 25.6. The lowest BCUT2D eigenvalue weighted by molar-refractivity contribution is 0.0121. The van der Waals surface area contributed by atoms with Crippen molar-refractivity contribution < 1.29 is 8.78 Å². The van der Waals surface area contributed by atoms with Crippen LogP contribution in [-0.2, 0) is 6.42 Å². The van der Waals surface area contributed by atoms with E-state index in [1.54, 1.807) is 0 Å². The van der Waals surface area contributed by atoms with E-state index in [9.17, 15) is 8.78 Å². The molecule has 1 rings (SSSR count). The zero-order chi connectivity index (χ0) is 9.19. The van der Waals surface area contributed by atoms with Crippen molar-refractivity contribution in [2.75, 3.05) is 6.54 Å². The van der Waals surface area contributed by atoms with E-state index in [-0.39, 0.29) is 6.42 Å². The monoisotopic (exact) mass is 191 g/mol. The van der Waals surface area contributed by atoms with Gasteiger partial charge in [-0.1, -0.05) is 0 Å². The van der Waals surface area contributed by atoms with Crippen LogP contribution in [0.15, 0.2) is 11.4 Å². The van der Waals surface area contributed by atoms with Crippen LogP contribution in [0.4, 0.5) is 8.78 Å². The van der Waals surface area contributed by atoms with Crippen molar-refractivity contribution in [1.82, 2.24) is 0 Å². The van der Waals surface area contributed by atoms with Gasteiger partial charge in [0.25, 0.3) is 5.92 Å². The molecule has 0 fully saturated rings. The Hall–Kier alpha value is -0.480. The van der Waals surface area contributed by atoms with E-state index in [0.717, 1.165) is 10.4 Å². The standard InChI is InChI=1S/C8H11F2NS/c1-6-2-3-12-7(6)4-8(9,10)5-11/h2-3H,4-5,11H2,1H3. The van der Waals surface area contributed by atoms with E-state index in [4.69, 9.17) is 5.73 Å². The van der Waals surface area contributed by atoms with Gasteiger partial charge >= 0.3 is 0 Å². The first kappa shape index (κ1) is 9.61. The summed E-state index contributed by atoms with van der Waals surface area (Å²) >= 11 is 1.36. The van der Waals surface area contributed by atoms with E-state index in [2.05, 4.69) is 0 Å². The molecule has 68 valence electrons. The normalized spacial score (nSPS) is 12.0. The largest absolute Gasteiger partial charge is 0.325 e. The molecule has 0 bridgehead atoms. The second kappa shape index (κ2) is 3.49. The van der Waals surface area contributed by atoms with Crippen molar-refractivity contribution in [2.45, 2.75) is 19.3 Å². The quantitative estimate of drug-likeness (QED) is 0.778. The molecule has 0 saturated carbocycles. The van der Waals surface area contributed by atoms with Crippen molar-refractivity contribution in [2.24, 2.45) is 5.73 Å². The molecule has 0 aliphatic heterocycles. The average Bonchev–Trinajstić information content (AvgIpc) is 2.36. The summed E-state index contributed by atoms with van der Waals surface area (Å²) in [5, 5.41) is 1.82. The van der Waals surface area contributed by atoms with E-state index in [1.165, 1.54) is 11.3 Å². The summed E-state index contributed by atoms with van der Waals surface area (Å²) in [7, 11) is 0. The second-order valence-electron chi connectivity index (χ2n) is 2.76. The highest BCUT2D eigenvalue weighted by molar-refractivity contribution is 7.10. The zero-order valence-corrected chi connectivity index (χ0v) is 7.63. The molecule has 1 aromatic heterocycles. The molecule has 0 amide bonds. The van der Waals surface area contributed by atoms with Crippen LogP contribution >= 0.6 is 11.3 Å². The zero-order valence-electron chi connectivity index (χ0n) is 6.81. The van der Waals surface area contributed by atoms with Crippen molar-refractivity contribution in [3.63, 3.8) is 0 Å². The molecule has 0 aliphatic rings. The molecule has 0 radical (unpaired) electrons. The van der Waals surface area contributed by atoms with Gasteiger partial charge in [-0.15, -0.1) is 11.3 Å². The van der Waals surface area contributed by atoms with E-state index in [1.807, 2.05) is 18.4 Å². The smallest absolute Gasteiger partial charge is 0.264 e. The van der Waals surface area contributed by atoms with E-state index < -0.39 is 12.5 Å². The fourth-order valence-electron chi connectivity index (χ4n) is 0.892. The van der Waals surface area contributed by atoms with Crippen LogP contribution in [0.25, 0.3) is 0 Å². The first-order valence-electron chi connectivity index (χ1n) is 3.66. The molecule has 0 spiro atoms. The van der Waals surface area contributed by atoms with Crippen molar-refractivity contribution in [3.8, 4) is 0 Å². The number of alkyl halides is 2. The number of thiophene rings is 1. The van der Waals surface area contributed by atoms with Gasteiger partial charge in [-0.3, -0.25) is 0 Å². The van der Waals surface area contributed by atoms with Crippen molar-refractivity contribution in [1.29, 1.82) is 0 Å². The Labute approximate surface area is 74.2 Å². The molecule has 0 unspecified atom stereocenters. The van der Waals surface area contributed by atoms with Gasteiger partial charge in [-0.2, -0.15) is 0 Å². The number of hydrogen-bond acceptors (Lipinski definition) is 2. The number of hydrogen-bond donors (Lipinski definition) is 1. The first-order chi connectivity index (χ1) is 5.55. The van der Waals surface area contributed by atoms with Crippen LogP contribution in [0.2, 0.25) is 0 Å². The third-order valence-corrected chi connectivity index (χ3v) is 2.71. The van der Waals surface area contributed by atoms with Gasteiger partial charge in [-0.05, 0) is 23.9 Å². The molecule has 0 aliphatic carbocycles. The van der Waals surface area contributed by atoms with Crippen LogP contribution in [0, 0.1) is 6.92 Å². The van der Waals surface area contributed by atoms with Gasteiger partial charge in [0.1, 0.15) is 0 Å². The minimum absolute atomic E-state index is 0.229. The molecule has 2 N–H and O–H groups in total. The third kappa shape index (κ3) is 2.25. The lowest BCUT2D eigenvalue weighted by Crippen LogP contribution is -2.29. The summed E-state index contributed by atoms with van der Waals surface area (Å²) in [5.74, 6) is -2.75. The fraction of sp³-hybridized carbons (Fsp3) is 0.500. The van der Waals surface area contributed by atoms with Gasteiger partial charge in [-0.25, -0.2) is 8.78 Å². The minimum Gasteiger partial charge on any atom is -0.325 e. The lowest BCUT2D eigenvalue weighted by Gasteiger charge is -2.12. The molecular formula is C8H11F2NS. The number of halogens is 2. The highest BCUT2D eigenvalue weighted by Crippen LogP contribution is 2.24. The molecule has 1 nitrogen and oxygen atoms in total. The highest BCUT2D eigenvalue weighted by atomic mass is 32.1. The molecular weight excluding hydrogens is 180 g/mol. The lowest BCUT2D eigenvalue weighted by atomic mass is 10.1. The van der Waals surface area contributed by atoms with Crippen LogP contribution in [0.3, 0.4) is 0 Å². The maximum atomic E-state index is 12.8. The summed E-state index contributed by atoms with van der Waals surface area (Å²) in [6.07, 6.45) is -0.229. The Morgan fingerprint density at radius 1 is 1.58 bits per heavy atom. The van der Waals surface area contributed by atoms with Gasteiger partial charge in [0, 0.05) is 11.3 Å². The number of aryl methyl sites for hydroxylation is 1. The minimum atomic E-state index is -2.75. The summed E-state index contributed by atoms with van der Waals surface area (Å²) in [4.78, 5) is 0.727. The number of rotatable bonds is 3. The molecule has 1 heterocycles. The van der Waals surface area contributed by atoms with Gasteiger partial charge in [0.15, 0.2) is 0 Å². The van der Waals surface area contributed by atoms with E-state index in [0.29, 0.717) is 0 Å². The van der Waals surface area contributed by atoms with Crippen LogP contribution in [0.5, 0.6) is 0 Å². The van der Waals surface area contributed by atoms with Crippen LogP contribution < -0.4 is 5.73 Å². The first-order valence-corrected chi connectivity index (χ1v) is 4.54. The fourth-order valence-corrected chi connectivity index (χ4v) is 1.88. The Kier molecular flexibility index (Phi) is 2.80. The number of nitrogens with two attached hydrogens (primary N) is 1. The van der Waals surface area contributed by atoms with Gasteiger partial charge in [0.05, 0.1) is 6.54 Å². The van der Waals surface area contributed by atoms with Crippen LogP contribution in [0.1, 0.15) is 10.4 Å². The third-order valence-electron chi connectivity index (χ3n) is 1.69. The Balaban J connectivity index is 2.70. The predicted octanol–water partition coefficient (Wildman–Crippen LogP) is 2.19. The SMILES string of the molecule is Cc1ccsc1CC(F)(F)CN. The van der Waals surface area contributed by atoms with Gasteiger partial charge in [0.2, 0.25) is 0 Å². The molecule has 0 atom stereocenters. The predicted molar refractivity (Wildman–Crippen MR) is 46.8 cm³/mol. The molecule has 0 saturated heterocycles. The molecule has 1 aromatic rings. The Morgan fingerprint density at radius 2 is 2.25 bits per heavy atom. The van der Waals surface area contributed by atoms with Crippen LogP contribution in [-0.4, -0.2) is 12.5 Å². The topological polar surface area (TPSA) is 26.0 Å². The second-order valence-corrected chi connectivity index (χ2v) is 3.76. The molecule has 4 heteroatoms. The van der Waals surface area contributed by atoms with E-state index >= 15 is 0 Å². The highest BCUT2D eigenvalue weighted by Gasteiger charge is 2.28. The average molecular weight is 191 g/mol. The molecule has 12 heavy (non-hydrogen) atoms. The summed E-state index contributed by atoms with van der Waals surface area (Å²) in [6, 6.07) is 1.84. The summed E-state index contributed by atoms with van der Waals surface area (Å²) in [6.45, 7) is 1.25. The maximum Gasteiger partial charge on any atom is 0.264 e. The Morgan fingerprint density at radius 3 is 2.67 bits per heavy atom. The molecule has 0 aromatic carbocycles. The van der Waals surface area contributed by atoms with Gasteiger partial charge < -0.3 is 5.73 Å². The summed E-state index contributed by atoms with van der Waals surface area (Å²) in [5.41, 5.74) is 5.85.